The van der Waals surface area contributed by atoms with Crippen LogP contribution in [0.5, 0.6) is 0 Å². The molecular formula is C13H21N5OS. The second-order valence-electron chi connectivity index (χ2n) is 4.93. The lowest BCUT2D eigenvalue weighted by Gasteiger charge is -2.22. The van der Waals surface area contributed by atoms with Crippen LogP contribution in [0.2, 0.25) is 0 Å². The molecule has 6 nitrogen and oxygen atoms in total. The van der Waals surface area contributed by atoms with Crippen LogP contribution in [-0.2, 0) is 11.3 Å². The fourth-order valence-electron chi connectivity index (χ4n) is 2.35. The van der Waals surface area contributed by atoms with E-state index < -0.39 is 0 Å². The number of aromatic nitrogens is 3. The monoisotopic (exact) mass is 295 g/mol. The Hall–Kier alpha value is -1.50. The average molecular weight is 295 g/mol. The largest absolute Gasteiger partial charge is 0.368 e. The first-order valence-electron chi connectivity index (χ1n) is 6.92. The van der Waals surface area contributed by atoms with Gasteiger partial charge in [0.1, 0.15) is 0 Å². The summed E-state index contributed by atoms with van der Waals surface area (Å²) in [6.45, 7) is 4.22. The molecule has 1 aromatic heterocycles. The zero-order chi connectivity index (χ0) is 14.4. The van der Waals surface area contributed by atoms with E-state index in [0.717, 1.165) is 12.8 Å². The first kappa shape index (κ1) is 14.9. The van der Waals surface area contributed by atoms with Crippen molar-refractivity contribution in [2.24, 2.45) is 0 Å². The molecule has 2 rings (SSSR count). The highest BCUT2D eigenvalue weighted by Gasteiger charge is 2.17. The van der Waals surface area contributed by atoms with E-state index in [1.807, 2.05) is 0 Å². The fraction of sp³-hybridized carbons (Fsp3) is 0.615. The van der Waals surface area contributed by atoms with Crippen LogP contribution >= 0.6 is 11.8 Å². The normalized spacial score (nSPS) is 16.0. The molecule has 1 aliphatic rings. The highest BCUT2D eigenvalue weighted by molar-refractivity contribution is 7.99. The summed E-state index contributed by atoms with van der Waals surface area (Å²) in [5.74, 6) is 0.736. The van der Waals surface area contributed by atoms with Crippen LogP contribution in [0.15, 0.2) is 17.8 Å². The van der Waals surface area contributed by atoms with Crippen molar-refractivity contribution in [1.82, 2.24) is 20.1 Å². The Labute approximate surface area is 123 Å². The highest BCUT2D eigenvalue weighted by Crippen LogP contribution is 2.20. The average Bonchev–Trinajstić information content (AvgIpc) is 2.79. The summed E-state index contributed by atoms with van der Waals surface area (Å²) in [5, 5.41) is 11.5. The maximum absolute atomic E-state index is 11.9. The predicted octanol–water partition coefficient (Wildman–Crippen LogP) is 1.59. The minimum absolute atomic E-state index is 0.0497. The summed E-state index contributed by atoms with van der Waals surface area (Å²) in [5.41, 5.74) is 5.71. The maximum Gasteiger partial charge on any atom is 0.230 e. The van der Waals surface area contributed by atoms with Gasteiger partial charge in [-0.25, -0.2) is 0 Å². The highest BCUT2D eigenvalue weighted by atomic mass is 32.2. The van der Waals surface area contributed by atoms with Crippen LogP contribution in [0, 0.1) is 0 Å². The Morgan fingerprint density at radius 3 is 2.90 bits per heavy atom. The molecule has 0 bridgehead atoms. The molecular weight excluding hydrogens is 274 g/mol. The summed E-state index contributed by atoms with van der Waals surface area (Å²) in [6.07, 6.45) is 7.62. The summed E-state index contributed by atoms with van der Waals surface area (Å²) in [7, 11) is 0. The molecule has 7 heteroatoms. The van der Waals surface area contributed by atoms with Crippen molar-refractivity contribution in [3.63, 3.8) is 0 Å². The van der Waals surface area contributed by atoms with Crippen molar-refractivity contribution in [3.8, 4) is 0 Å². The minimum Gasteiger partial charge on any atom is -0.368 e. The molecule has 0 saturated heterocycles. The van der Waals surface area contributed by atoms with Crippen molar-refractivity contribution >= 4 is 23.6 Å². The van der Waals surface area contributed by atoms with Gasteiger partial charge in [0, 0.05) is 12.6 Å². The number of nitrogens with one attached hydrogen (secondary N) is 1. The van der Waals surface area contributed by atoms with Gasteiger partial charge in [0.25, 0.3) is 0 Å². The number of carbonyl (C=O) groups is 1. The van der Waals surface area contributed by atoms with Gasteiger partial charge in [0.2, 0.25) is 11.9 Å². The van der Waals surface area contributed by atoms with E-state index in [0.29, 0.717) is 29.4 Å². The zero-order valence-corrected chi connectivity index (χ0v) is 12.4. The molecule has 0 aromatic carbocycles. The molecule has 20 heavy (non-hydrogen) atoms. The number of hydrogen-bond donors (Lipinski definition) is 2. The fourth-order valence-corrected chi connectivity index (χ4v) is 3.12. The number of anilines is 1. The minimum atomic E-state index is 0.0497. The van der Waals surface area contributed by atoms with Gasteiger partial charge < -0.3 is 11.1 Å². The van der Waals surface area contributed by atoms with Crippen LogP contribution in [0.25, 0.3) is 0 Å². The van der Waals surface area contributed by atoms with Crippen molar-refractivity contribution in [2.75, 3.05) is 11.5 Å². The van der Waals surface area contributed by atoms with Crippen molar-refractivity contribution in [3.05, 3.63) is 12.7 Å². The molecule has 1 heterocycles. The Morgan fingerprint density at radius 2 is 2.20 bits per heavy atom. The van der Waals surface area contributed by atoms with Crippen LogP contribution < -0.4 is 11.1 Å². The van der Waals surface area contributed by atoms with E-state index in [4.69, 9.17) is 5.73 Å². The van der Waals surface area contributed by atoms with Crippen LogP contribution in [0.1, 0.15) is 32.1 Å². The quantitative estimate of drug-likeness (QED) is 0.615. The predicted molar refractivity (Wildman–Crippen MR) is 80.4 cm³/mol. The van der Waals surface area contributed by atoms with E-state index in [-0.39, 0.29) is 5.91 Å². The molecule has 1 amide bonds. The molecule has 0 unspecified atom stereocenters. The molecule has 0 atom stereocenters. The SMILES string of the molecule is C=CCn1c(N)nnc1SCC(=O)NC1CCCCC1. The van der Waals surface area contributed by atoms with Crippen LogP contribution in [0.4, 0.5) is 5.95 Å². The summed E-state index contributed by atoms with van der Waals surface area (Å²) >= 11 is 1.35. The smallest absolute Gasteiger partial charge is 0.230 e. The summed E-state index contributed by atoms with van der Waals surface area (Å²) in [4.78, 5) is 11.9. The van der Waals surface area contributed by atoms with E-state index in [2.05, 4.69) is 22.1 Å². The molecule has 0 spiro atoms. The first-order valence-corrected chi connectivity index (χ1v) is 7.91. The lowest BCUT2D eigenvalue weighted by atomic mass is 9.95. The number of nitrogen functional groups attached to an aromatic ring is 1. The van der Waals surface area contributed by atoms with Crippen LogP contribution in [0.3, 0.4) is 0 Å². The number of nitrogens with two attached hydrogens (primary N) is 1. The van der Waals surface area contributed by atoms with Gasteiger partial charge in [0.05, 0.1) is 5.75 Å². The van der Waals surface area contributed by atoms with Crippen molar-refractivity contribution < 1.29 is 4.79 Å². The second-order valence-corrected chi connectivity index (χ2v) is 5.87. The molecule has 1 fully saturated rings. The molecule has 1 saturated carbocycles. The maximum atomic E-state index is 11.9. The third kappa shape index (κ3) is 4.00. The summed E-state index contributed by atoms with van der Waals surface area (Å²) < 4.78 is 1.74. The zero-order valence-electron chi connectivity index (χ0n) is 11.5. The number of rotatable bonds is 6. The van der Waals surface area contributed by atoms with Gasteiger partial charge in [-0.3, -0.25) is 9.36 Å². The van der Waals surface area contributed by atoms with E-state index >= 15 is 0 Å². The summed E-state index contributed by atoms with van der Waals surface area (Å²) in [6, 6.07) is 0.341. The topological polar surface area (TPSA) is 85.8 Å². The number of amides is 1. The van der Waals surface area contributed by atoms with E-state index in [1.54, 1.807) is 10.6 Å². The number of thioether (sulfide) groups is 1. The molecule has 110 valence electrons. The Bertz CT molecular complexity index is 467. The molecule has 1 aromatic rings. The molecule has 0 aliphatic heterocycles. The lowest BCUT2D eigenvalue weighted by Crippen LogP contribution is -2.37. The number of allylic oxidation sites excluding steroid dienone is 1. The van der Waals surface area contributed by atoms with E-state index in [1.165, 1.54) is 31.0 Å². The van der Waals surface area contributed by atoms with Crippen LogP contribution in [-0.4, -0.2) is 32.5 Å². The van der Waals surface area contributed by atoms with Crippen molar-refractivity contribution in [2.45, 2.75) is 49.8 Å². The van der Waals surface area contributed by atoms with Gasteiger partial charge >= 0.3 is 0 Å². The molecule has 1 aliphatic carbocycles. The molecule has 0 radical (unpaired) electrons. The second kappa shape index (κ2) is 7.33. The van der Waals surface area contributed by atoms with Crippen molar-refractivity contribution in [1.29, 1.82) is 0 Å². The number of nitrogens with zero attached hydrogens (tertiary/aromatic N) is 3. The molecule has 3 N–H and O–H groups in total. The Kier molecular flexibility index (Phi) is 5.46. The third-order valence-corrected chi connectivity index (χ3v) is 4.33. The van der Waals surface area contributed by atoms with Gasteiger partial charge in [-0.2, -0.15) is 0 Å². The third-order valence-electron chi connectivity index (χ3n) is 3.36. The first-order chi connectivity index (χ1) is 9.70. The van der Waals surface area contributed by atoms with Gasteiger partial charge in [-0.15, -0.1) is 16.8 Å². The van der Waals surface area contributed by atoms with Gasteiger partial charge in [0.15, 0.2) is 5.16 Å². The number of carbonyl (C=O) groups excluding carboxylic acids is 1. The Balaban J connectivity index is 1.82. The number of hydrogen-bond acceptors (Lipinski definition) is 5. The Morgan fingerprint density at radius 1 is 1.45 bits per heavy atom. The lowest BCUT2D eigenvalue weighted by molar-refractivity contribution is -0.119. The standard InChI is InChI=1S/C13H21N5OS/c1-2-8-18-12(14)16-17-13(18)20-9-11(19)15-10-6-4-3-5-7-10/h2,10H,1,3-9H2,(H2,14,16)(H,15,19). The van der Waals surface area contributed by atoms with E-state index in [9.17, 15) is 4.79 Å². The van der Waals surface area contributed by atoms with Gasteiger partial charge in [-0.05, 0) is 12.8 Å². The van der Waals surface area contributed by atoms with Gasteiger partial charge in [-0.1, -0.05) is 37.1 Å².